The van der Waals surface area contributed by atoms with Gasteiger partial charge in [-0.2, -0.15) is 0 Å². The lowest BCUT2D eigenvalue weighted by molar-refractivity contribution is 0.0693. The third kappa shape index (κ3) is 3.99. The zero-order valence-corrected chi connectivity index (χ0v) is 16.6. The minimum absolute atomic E-state index is 0.0674. The second kappa shape index (κ2) is 8.55. The molecule has 2 aromatic heterocycles. The first-order valence-corrected chi connectivity index (χ1v) is 10.1. The second-order valence-electron chi connectivity index (χ2n) is 7.51. The highest BCUT2D eigenvalue weighted by Gasteiger charge is 2.28. The number of carbonyl (C=O) groups is 2. The number of carbonyl (C=O) groups excluding carboxylic acids is 2. The Kier molecular flexibility index (Phi) is 6.14. The molecule has 0 saturated carbocycles. The molecule has 1 aliphatic heterocycles. The van der Waals surface area contributed by atoms with Crippen LogP contribution in [0.5, 0.6) is 0 Å². The van der Waals surface area contributed by atoms with E-state index < -0.39 is 0 Å². The molecule has 3 heterocycles. The van der Waals surface area contributed by atoms with Gasteiger partial charge in [-0.25, -0.2) is 4.98 Å². The third-order valence-electron chi connectivity index (χ3n) is 5.29. The van der Waals surface area contributed by atoms with Gasteiger partial charge in [0.15, 0.2) is 5.69 Å². The number of pyridine rings is 1. The summed E-state index contributed by atoms with van der Waals surface area (Å²) in [5.74, 6) is 0.816. The van der Waals surface area contributed by atoms with Crippen molar-refractivity contribution in [3.05, 3.63) is 35.9 Å². The average Bonchev–Trinajstić information content (AvgIpc) is 3.07. The zero-order valence-electron chi connectivity index (χ0n) is 16.6. The molecule has 27 heavy (non-hydrogen) atoms. The highest BCUT2D eigenvalue weighted by molar-refractivity contribution is 6.02. The molecule has 6 heteroatoms. The fourth-order valence-corrected chi connectivity index (χ4v) is 3.70. The maximum atomic E-state index is 13.1. The van der Waals surface area contributed by atoms with E-state index in [1.54, 1.807) is 4.40 Å². The van der Waals surface area contributed by atoms with E-state index >= 15 is 0 Å². The van der Waals surface area contributed by atoms with Crippen molar-refractivity contribution in [3.63, 3.8) is 0 Å². The Labute approximate surface area is 161 Å². The lowest BCUT2D eigenvalue weighted by atomic mass is 9.99. The lowest BCUT2D eigenvalue weighted by Gasteiger charge is -2.29. The van der Waals surface area contributed by atoms with Gasteiger partial charge in [0.2, 0.25) is 5.82 Å². The number of rotatable bonds is 6. The van der Waals surface area contributed by atoms with Gasteiger partial charge >= 0.3 is 0 Å². The largest absolute Gasteiger partial charge is 0.337 e. The molecule has 0 bridgehead atoms. The van der Waals surface area contributed by atoms with E-state index in [2.05, 4.69) is 25.8 Å². The zero-order chi connectivity index (χ0) is 19.4. The van der Waals surface area contributed by atoms with E-state index in [0.717, 1.165) is 38.8 Å². The number of hydrogen-bond donors (Lipinski definition) is 0. The highest BCUT2D eigenvalue weighted by Crippen LogP contribution is 2.21. The molecule has 0 atom stereocenters. The Hall–Kier alpha value is -2.37. The van der Waals surface area contributed by atoms with Gasteiger partial charge in [-0.3, -0.25) is 14.0 Å². The van der Waals surface area contributed by atoms with Crippen molar-refractivity contribution in [1.82, 2.24) is 19.2 Å². The van der Waals surface area contributed by atoms with Crippen LogP contribution in [0.15, 0.2) is 24.4 Å². The summed E-state index contributed by atoms with van der Waals surface area (Å²) in [4.78, 5) is 34.5. The van der Waals surface area contributed by atoms with Crippen LogP contribution in [0.25, 0.3) is 5.52 Å². The van der Waals surface area contributed by atoms with Crippen LogP contribution >= 0.6 is 0 Å². The summed E-state index contributed by atoms with van der Waals surface area (Å²) in [6, 6.07) is 5.62. The van der Waals surface area contributed by atoms with Gasteiger partial charge in [-0.15, -0.1) is 0 Å². The number of hydrogen-bond acceptors (Lipinski definition) is 3. The van der Waals surface area contributed by atoms with E-state index in [1.165, 1.54) is 0 Å². The number of imidazole rings is 1. The SMILES string of the molecule is CCCN(CCC)C(=O)c1nc(C(=O)N2CCC(C)CC2)c2ccccn12. The van der Waals surface area contributed by atoms with Crippen LogP contribution in [-0.4, -0.2) is 57.2 Å². The summed E-state index contributed by atoms with van der Waals surface area (Å²) in [6.45, 7) is 9.25. The van der Waals surface area contributed by atoms with E-state index in [0.29, 0.717) is 36.0 Å². The van der Waals surface area contributed by atoms with Crippen LogP contribution in [0.3, 0.4) is 0 Å². The molecule has 1 aliphatic rings. The smallest absolute Gasteiger partial charge is 0.290 e. The van der Waals surface area contributed by atoms with Gasteiger partial charge in [-0.05, 0) is 43.7 Å². The summed E-state index contributed by atoms with van der Waals surface area (Å²) in [5, 5.41) is 0. The monoisotopic (exact) mass is 370 g/mol. The molecule has 2 aromatic rings. The van der Waals surface area contributed by atoms with E-state index in [-0.39, 0.29) is 11.8 Å². The molecular weight excluding hydrogens is 340 g/mol. The van der Waals surface area contributed by atoms with Crippen LogP contribution in [0, 0.1) is 5.92 Å². The maximum absolute atomic E-state index is 13.1. The first kappa shape index (κ1) is 19.4. The molecule has 6 nitrogen and oxygen atoms in total. The molecule has 0 unspecified atom stereocenters. The summed E-state index contributed by atoms with van der Waals surface area (Å²) >= 11 is 0. The predicted molar refractivity (Wildman–Crippen MR) is 106 cm³/mol. The number of amides is 2. The van der Waals surface area contributed by atoms with Crippen molar-refractivity contribution in [1.29, 1.82) is 0 Å². The number of aromatic nitrogens is 2. The summed E-state index contributed by atoms with van der Waals surface area (Å²) < 4.78 is 1.76. The van der Waals surface area contributed by atoms with E-state index in [9.17, 15) is 9.59 Å². The first-order valence-electron chi connectivity index (χ1n) is 10.1. The average molecular weight is 370 g/mol. The van der Waals surface area contributed by atoms with Gasteiger partial charge in [0.25, 0.3) is 11.8 Å². The Morgan fingerprint density at radius 3 is 2.44 bits per heavy atom. The van der Waals surface area contributed by atoms with Crippen molar-refractivity contribution >= 4 is 17.3 Å². The Morgan fingerprint density at radius 2 is 1.81 bits per heavy atom. The quantitative estimate of drug-likeness (QED) is 0.782. The van der Waals surface area contributed by atoms with Gasteiger partial charge in [0.05, 0.1) is 5.52 Å². The van der Waals surface area contributed by atoms with Gasteiger partial charge in [0, 0.05) is 32.4 Å². The molecule has 0 aliphatic carbocycles. The fraction of sp³-hybridized carbons (Fsp3) is 0.571. The van der Waals surface area contributed by atoms with Crippen molar-refractivity contribution in [2.24, 2.45) is 5.92 Å². The normalized spacial score (nSPS) is 15.3. The van der Waals surface area contributed by atoms with Crippen LogP contribution in [0.2, 0.25) is 0 Å². The Morgan fingerprint density at radius 1 is 1.15 bits per heavy atom. The fourth-order valence-electron chi connectivity index (χ4n) is 3.70. The van der Waals surface area contributed by atoms with Crippen molar-refractivity contribution in [2.75, 3.05) is 26.2 Å². The Balaban J connectivity index is 1.96. The lowest BCUT2D eigenvalue weighted by Crippen LogP contribution is -2.38. The minimum Gasteiger partial charge on any atom is -0.337 e. The maximum Gasteiger partial charge on any atom is 0.290 e. The highest BCUT2D eigenvalue weighted by atomic mass is 16.2. The standard InChI is InChI=1S/C21H30N4O2/c1-4-11-23(12-5-2)21(27)19-22-18(17-8-6-7-13-25(17)19)20(26)24-14-9-16(3)10-15-24/h6-8,13,16H,4-5,9-12,14-15H2,1-3H3. The van der Waals surface area contributed by atoms with E-state index in [4.69, 9.17) is 0 Å². The number of piperidine rings is 1. The van der Waals surface area contributed by atoms with Gasteiger partial charge in [0.1, 0.15) is 0 Å². The van der Waals surface area contributed by atoms with E-state index in [1.807, 2.05) is 34.2 Å². The molecule has 2 amide bonds. The molecule has 3 rings (SSSR count). The molecule has 0 N–H and O–H groups in total. The van der Waals surface area contributed by atoms with Crippen molar-refractivity contribution in [2.45, 2.75) is 46.5 Å². The number of fused-ring (bicyclic) bond motifs is 1. The van der Waals surface area contributed by atoms with Crippen LogP contribution in [0.1, 0.15) is 67.6 Å². The first-order chi connectivity index (χ1) is 13.1. The van der Waals surface area contributed by atoms with Crippen molar-refractivity contribution in [3.8, 4) is 0 Å². The molecule has 0 aromatic carbocycles. The topological polar surface area (TPSA) is 57.9 Å². The predicted octanol–water partition coefficient (Wildman–Crippen LogP) is 3.47. The molecule has 1 fully saturated rings. The minimum atomic E-state index is -0.105. The summed E-state index contributed by atoms with van der Waals surface area (Å²) in [6.07, 6.45) is 5.65. The number of likely N-dealkylation sites (tertiary alicyclic amines) is 1. The van der Waals surface area contributed by atoms with Crippen LogP contribution in [0.4, 0.5) is 0 Å². The molecule has 146 valence electrons. The third-order valence-corrected chi connectivity index (χ3v) is 5.29. The van der Waals surface area contributed by atoms with Crippen LogP contribution < -0.4 is 0 Å². The van der Waals surface area contributed by atoms with Crippen LogP contribution in [-0.2, 0) is 0 Å². The van der Waals surface area contributed by atoms with Gasteiger partial charge < -0.3 is 9.80 Å². The molecule has 0 spiro atoms. The van der Waals surface area contributed by atoms with Gasteiger partial charge in [-0.1, -0.05) is 26.8 Å². The summed E-state index contributed by atoms with van der Waals surface area (Å²) in [7, 11) is 0. The summed E-state index contributed by atoms with van der Waals surface area (Å²) in [5.41, 5.74) is 1.10. The number of nitrogens with zero attached hydrogens (tertiary/aromatic N) is 4. The molecular formula is C21H30N4O2. The second-order valence-corrected chi connectivity index (χ2v) is 7.51. The molecule has 0 radical (unpaired) electrons. The van der Waals surface area contributed by atoms with Crippen molar-refractivity contribution < 1.29 is 9.59 Å². The molecule has 1 saturated heterocycles. The Bertz CT molecular complexity index is 800.